The van der Waals surface area contributed by atoms with Gasteiger partial charge in [0.2, 0.25) is 0 Å². The van der Waals surface area contributed by atoms with Crippen LogP contribution in [0.2, 0.25) is 0 Å². The van der Waals surface area contributed by atoms with Crippen LogP contribution in [0.1, 0.15) is 41.3 Å². The second-order valence-electron chi connectivity index (χ2n) is 8.67. The smallest absolute Gasteiger partial charge is 0.260 e. The second-order valence-corrected chi connectivity index (χ2v) is 9.67. The maximum Gasteiger partial charge on any atom is 0.260 e. The van der Waals surface area contributed by atoms with Crippen LogP contribution in [0, 0.1) is 0 Å². The number of thiazole rings is 1. The summed E-state index contributed by atoms with van der Waals surface area (Å²) >= 11 is 1.57. The summed E-state index contributed by atoms with van der Waals surface area (Å²) in [6, 6.07) is 34.4. The first-order valence-corrected chi connectivity index (χ1v) is 12.3. The summed E-state index contributed by atoms with van der Waals surface area (Å²) < 4.78 is 1.10. The second kappa shape index (κ2) is 9.62. The van der Waals surface area contributed by atoms with Crippen molar-refractivity contribution in [2.45, 2.75) is 26.3 Å². The number of carbonyl (C=O) groups is 1. The Morgan fingerprint density at radius 1 is 0.794 bits per heavy atom. The van der Waals surface area contributed by atoms with Crippen molar-refractivity contribution >= 4 is 32.6 Å². The van der Waals surface area contributed by atoms with E-state index in [0.29, 0.717) is 18.0 Å². The van der Waals surface area contributed by atoms with Crippen LogP contribution in [0.4, 0.5) is 5.13 Å². The molecule has 168 valence electrons. The van der Waals surface area contributed by atoms with Gasteiger partial charge in [-0.15, -0.1) is 0 Å². The Kier molecular flexibility index (Phi) is 6.24. The van der Waals surface area contributed by atoms with Gasteiger partial charge in [-0.2, -0.15) is 0 Å². The number of para-hydroxylation sites is 1. The van der Waals surface area contributed by atoms with Gasteiger partial charge in [0.25, 0.3) is 5.91 Å². The van der Waals surface area contributed by atoms with E-state index in [2.05, 4.69) is 44.2 Å². The van der Waals surface area contributed by atoms with Crippen LogP contribution in [0.3, 0.4) is 0 Å². The molecule has 0 aliphatic heterocycles. The van der Waals surface area contributed by atoms with Gasteiger partial charge in [-0.3, -0.25) is 9.69 Å². The summed E-state index contributed by atoms with van der Waals surface area (Å²) in [6.07, 6.45) is 0. The van der Waals surface area contributed by atoms with E-state index in [1.807, 2.05) is 77.7 Å². The fourth-order valence-corrected chi connectivity index (χ4v) is 5.12. The third-order valence-electron chi connectivity index (χ3n) is 5.96. The lowest BCUT2D eigenvalue weighted by molar-refractivity contribution is 0.0985. The minimum atomic E-state index is -0.0476. The van der Waals surface area contributed by atoms with E-state index < -0.39 is 0 Å². The number of hydrogen-bond acceptors (Lipinski definition) is 3. The monoisotopic (exact) mass is 462 g/mol. The van der Waals surface area contributed by atoms with Crippen LogP contribution < -0.4 is 4.90 Å². The highest BCUT2D eigenvalue weighted by Crippen LogP contribution is 2.35. The molecular formula is C30H26N2OS. The van der Waals surface area contributed by atoms with Crippen LogP contribution in [0.5, 0.6) is 0 Å². The van der Waals surface area contributed by atoms with Gasteiger partial charge < -0.3 is 0 Å². The highest BCUT2D eigenvalue weighted by Gasteiger charge is 2.23. The first kappa shape index (κ1) is 22.1. The topological polar surface area (TPSA) is 33.2 Å². The van der Waals surface area contributed by atoms with E-state index in [1.165, 1.54) is 5.56 Å². The quantitative estimate of drug-likeness (QED) is 0.257. The van der Waals surface area contributed by atoms with Gasteiger partial charge in [-0.25, -0.2) is 4.98 Å². The molecule has 1 amide bonds. The predicted molar refractivity (Wildman–Crippen MR) is 143 cm³/mol. The average molecular weight is 463 g/mol. The molecule has 0 radical (unpaired) electrons. The molecule has 0 spiro atoms. The zero-order valence-electron chi connectivity index (χ0n) is 19.3. The normalized spacial score (nSPS) is 11.1. The molecule has 3 nitrogen and oxygen atoms in total. The number of amides is 1. The van der Waals surface area contributed by atoms with Gasteiger partial charge in [0, 0.05) is 5.56 Å². The Labute approximate surface area is 204 Å². The molecule has 0 aliphatic rings. The highest BCUT2D eigenvalue weighted by molar-refractivity contribution is 7.22. The van der Waals surface area contributed by atoms with E-state index in [4.69, 9.17) is 4.98 Å². The third-order valence-corrected chi connectivity index (χ3v) is 7.00. The van der Waals surface area contributed by atoms with Gasteiger partial charge >= 0.3 is 0 Å². The van der Waals surface area contributed by atoms with Crippen LogP contribution in [0.25, 0.3) is 21.3 Å². The Morgan fingerprint density at radius 2 is 1.44 bits per heavy atom. The van der Waals surface area contributed by atoms with Crippen LogP contribution >= 0.6 is 11.3 Å². The number of anilines is 1. The summed E-state index contributed by atoms with van der Waals surface area (Å²) in [5.74, 6) is 0.316. The van der Waals surface area contributed by atoms with Crippen molar-refractivity contribution in [3.05, 3.63) is 120 Å². The summed E-state index contributed by atoms with van der Waals surface area (Å²) in [5, 5.41) is 0.726. The maximum absolute atomic E-state index is 13.8. The van der Waals surface area contributed by atoms with Crippen LogP contribution in [-0.2, 0) is 6.54 Å². The van der Waals surface area contributed by atoms with E-state index >= 15 is 0 Å². The van der Waals surface area contributed by atoms with Gasteiger partial charge in [0.15, 0.2) is 5.13 Å². The van der Waals surface area contributed by atoms with E-state index in [9.17, 15) is 4.79 Å². The van der Waals surface area contributed by atoms with Gasteiger partial charge in [-0.1, -0.05) is 110 Å². The van der Waals surface area contributed by atoms with Gasteiger partial charge in [-0.05, 0) is 46.4 Å². The van der Waals surface area contributed by atoms with Crippen molar-refractivity contribution in [3.63, 3.8) is 0 Å². The molecule has 1 aromatic heterocycles. The fourth-order valence-electron chi connectivity index (χ4n) is 4.12. The number of carbonyl (C=O) groups excluding carboxylic acids is 1. The number of benzene rings is 4. The number of nitrogens with zero attached hydrogens (tertiary/aromatic N) is 2. The third kappa shape index (κ3) is 4.50. The lowest BCUT2D eigenvalue weighted by Gasteiger charge is -2.20. The molecule has 4 heteroatoms. The van der Waals surface area contributed by atoms with Crippen molar-refractivity contribution in [1.82, 2.24) is 4.98 Å². The number of rotatable bonds is 6. The molecule has 4 aromatic carbocycles. The first-order chi connectivity index (χ1) is 16.6. The molecule has 0 N–H and O–H groups in total. The molecular weight excluding hydrogens is 436 g/mol. The molecule has 0 saturated heterocycles. The van der Waals surface area contributed by atoms with Gasteiger partial charge in [0.1, 0.15) is 0 Å². The Hall–Kier alpha value is -3.76. The zero-order valence-corrected chi connectivity index (χ0v) is 20.1. The Balaban J connectivity index is 1.53. The largest absolute Gasteiger partial charge is 0.279 e. The lowest BCUT2D eigenvalue weighted by Crippen LogP contribution is -2.30. The molecule has 0 atom stereocenters. The minimum Gasteiger partial charge on any atom is -0.279 e. The molecule has 0 unspecified atom stereocenters. The molecule has 0 aliphatic carbocycles. The number of hydrogen-bond donors (Lipinski definition) is 0. The summed E-state index contributed by atoms with van der Waals surface area (Å²) in [6.45, 7) is 4.82. The molecule has 5 rings (SSSR count). The number of aromatic nitrogens is 1. The molecule has 0 fully saturated rings. The minimum absolute atomic E-state index is 0.0476. The van der Waals surface area contributed by atoms with Crippen molar-refractivity contribution in [2.75, 3.05) is 4.90 Å². The summed E-state index contributed by atoms with van der Waals surface area (Å²) in [4.78, 5) is 20.6. The SMILES string of the molecule is CC(C)c1cccc2sc(N(Cc3ccccc3)C(=O)c3ccc(-c4ccccc4)cc3)nc12. The van der Waals surface area contributed by atoms with E-state index in [-0.39, 0.29) is 5.91 Å². The van der Waals surface area contributed by atoms with Crippen molar-refractivity contribution in [2.24, 2.45) is 0 Å². The molecule has 34 heavy (non-hydrogen) atoms. The van der Waals surface area contributed by atoms with E-state index in [0.717, 1.165) is 32.0 Å². The Bertz CT molecular complexity index is 1410. The summed E-state index contributed by atoms with van der Waals surface area (Å²) in [7, 11) is 0. The average Bonchev–Trinajstić information content (AvgIpc) is 3.32. The fraction of sp³-hybridized carbons (Fsp3) is 0.133. The van der Waals surface area contributed by atoms with Crippen molar-refractivity contribution in [1.29, 1.82) is 0 Å². The summed E-state index contributed by atoms with van der Waals surface area (Å²) in [5.41, 5.74) is 6.14. The van der Waals surface area contributed by atoms with Crippen molar-refractivity contribution < 1.29 is 4.79 Å². The zero-order chi connectivity index (χ0) is 23.5. The standard InChI is InChI=1S/C30H26N2OS/c1-21(2)26-14-9-15-27-28(26)31-30(34-27)32(20-22-10-5-3-6-11-22)29(33)25-18-16-24(17-19-25)23-12-7-4-8-13-23/h3-19,21H,20H2,1-2H3. The molecule has 0 saturated carbocycles. The maximum atomic E-state index is 13.8. The van der Waals surface area contributed by atoms with Crippen LogP contribution in [-0.4, -0.2) is 10.9 Å². The highest BCUT2D eigenvalue weighted by atomic mass is 32.1. The van der Waals surface area contributed by atoms with E-state index in [1.54, 1.807) is 11.3 Å². The lowest BCUT2D eigenvalue weighted by atomic mass is 10.0. The molecule has 1 heterocycles. The molecule has 0 bridgehead atoms. The number of fused-ring (bicyclic) bond motifs is 1. The first-order valence-electron chi connectivity index (χ1n) is 11.5. The predicted octanol–water partition coefficient (Wildman–Crippen LogP) is 7.93. The van der Waals surface area contributed by atoms with Gasteiger partial charge in [0.05, 0.1) is 16.8 Å². The van der Waals surface area contributed by atoms with Crippen molar-refractivity contribution in [3.8, 4) is 11.1 Å². The van der Waals surface area contributed by atoms with Crippen LogP contribution in [0.15, 0.2) is 103 Å². The molecule has 5 aromatic rings. The Morgan fingerprint density at radius 3 is 2.12 bits per heavy atom.